The van der Waals surface area contributed by atoms with Gasteiger partial charge in [-0.25, -0.2) is 0 Å². The quantitative estimate of drug-likeness (QED) is 0.0882. The maximum absolute atomic E-state index is 13.6. The highest BCUT2D eigenvalue weighted by molar-refractivity contribution is 8.00. The fourth-order valence-electron chi connectivity index (χ4n) is 4.73. The van der Waals surface area contributed by atoms with E-state index in [2.05, 4.69) is 10.2 Å². The lowest BCUT2D eigenvalue weighted by molar-refractivity contribution is -0.132. The Kier molecular flexibility index (Phi) is 7.80. The van der Waals surface area contributed by atoms with Crippen LogP contribution in [0.2, 0.25) is 5.02 Å². The average molecular weight is 621 g/mol. The number of Topliss-reactive ketones (excluding diaryl/α,β-unsaturated/α-hetero) is 1. The molecule has 0 aliphatic carbocycles. The largest absolute Gasteiger partial charge is 0.507 e. The smallest absolute Gasteiger partial charge is 0.301 e. The average Bonchev–Trinajstić information content (AvgIpc) is 3.58. The van der Waals surface area contributed by atoms with Gasteiger partial charge < -0.3 is 19.5 Å². The third kappa shape index (κ3) is 5.42. The van der Waals surface area contributed by atoms with E-state index < -0.39 is 17.7 Å². The van der Waals surface area contributed by atoms with Crippen molar-refractivity contribution >= 4 is 63.0 Å². The van der Waals surface area contributed by atoms with E-state index in [-0.39, 0.29) is 16.5 Å². The van der Waals surface area contributed by atoms with E-state index in [1.165, 1.54) is 28.0 Å². The van der Waals surface area contributed by atoms with Crippen molar-refractivity contribution in [1.82, 2.24) is 10.2 Å². The van der Waals surface area contributed by atoms with E-state index in [0.29, 0.717) is 51.0 Å². The highest BCUT2D eigenvalue weighted by Crippen LogP contribution is 2.45. The number of amides is 1. The lowest BCUT2D eigenvalue weighted by Gasteiger charge is -2.23. The van der Waals surface area contributed by atoms with Gasteiger partial charge in [0.25, 0.3) is 5.78 Å². The van der Waals surface area contributed by atoms with Gasteiger partial charge in [0.15, 0.2) is 15.8 Å². The van der Waals surface area contributed by atoms with Crippen LogP contribution in [0.5, 0.6) is 11.5 Å². The molecule has 0 radical (unpaired) electrons. The van der Waals surface area contributed by atoms with Crippen LogP contribution in [0.4, 0.5) is 10.8 Å². The van der Waals surface area contributed by atoms with Gasteiger partial charge in [0.05, 0.1) is 11.6 Å². The fourth-order valence-corrected chi connectivity index (χ4v) is 6.68. The topological polar surface area (TPSA) is 105 Å². The summed E-state index contributed by atoms with van der Waals surface area (Å²) < 4.78 is 11.9. The van der Waals surface area contributed by atoms with Crippen molar-refractivity contribution < 1.29 is 24.2 Å². The van der Waals surface area contributed by atoms with E-state index in [1.54, 1.807) is 18.2 Å². The van der Waals surface area contributed by atoms with Gasteiger partial charge in [-0.2, -0.15) is 0 Å². The first-order valence-electron chi connectivity index (χ1n) is 13.0. The predicted octanol–water partition coefficient (Wildman–Crippen LogP) is 5.95. The number of fused-ring (bicyclic) bond motifs is 1. The number of aliphatic hydroxyl groups excluding tert-OH is 1. The molecule has 4 aromatic rings. The number of hydrogen-bond acceptors (Lipinski definition) is 10. The Hall–Kier alpha value is -4.06. The minimum Gasteiger partial charge on any atom is -0.507 e. The molecule has 0 spiro atoms. The van der Waals surface area contributed by atoms with Crippen molar-refractivity contribution in [2.24, 2.45) is 0 Å². The molecule has 1 saturated heterocycles. The first-order valence-corrected chi connectivity index (χ1v) is 15.2. The molecule has 0 saturated carbocycles. The van der Waals surface area contributed by atoms with Gasteiger partial charge in [0.2, 0.25) is 5.13 Å². The number of rotatable bonds is 7. The van der Waals surface area contributed by atoms with E-state index in [4.69, 9.17) is 21.1 Å². The van der Waals surface area contributed by atoms with Crippen molar-refractivity contribution in [2.45, 2.75) is 16.1 Å². The zero-order valence-corrected chi connectivity index (χ0v) is 25.0. The molecule has 42 heavy (non-hydrogen) atoms. The van der Waals surface area contributed by atoms with Crippen molar-refractivity contribution in [1.29, 1.82) is 0 Å². The molecule has 1 N–H and O–H groups in total. The molecular formula is C30H25ClN4O5S2. The Morgan fingerprint density at radius 1 is 1.02 bits per heavy atom. The zero-order chi connectivity index (χ0) is 29.4. The Bertz CT molecular complexity index is 1690. The molecule has 3 aromatic carbocycles. The van der Waals surface area contributed by atoms with Crippen molar-refractivity contribution in [3.8, 4) is 11.5 Å². The first kappa shape index (κ1) is 28.1. The normalized spacial score (nSPS) is 17.5. The zero-order valence-electron chi connectivity index (χ0n) is 22.6. The Morgan fingerprint density at radius 2 is 1.74 bits per heavy atom. The number of aliphatic hydroxyl groups is 1. The van der Waals surface area contributed by atoms with Crippen LogP contribution in [0.3, 0.4) is 0 Å². The molecule has 2 aliphatic heterocycles. The van der Waals surface area contributed by atoms with E-state index in [9.17, 15) is 14.7 Å². The molecule has 1 atom stereocenters. The first-order chi connectivity index (χ1) is 20.3. The number of nitrogens with zero attached hydrogens (tertiary/aromatic N) is 4. The van der Waals surface area contributed by atoms with Crippen LogP contribution in [0.25, 0.3) is 5.76 Å². The third-order valence-electron chi connectivity index (χ3n) is 6.86. The van der Waals surface area contributed by atoms with Crippen LogP contribution in [-0.2, 0) is 15.3 Å². The van der Waals surface area contributed by atoms with Crippen molar-refractivity contribution in [3.05, 3.63) is 94.0 Å². The number of thioether (sulfide) groups is 1. The summed E-state index contributed by atoms with van der Waals surface area (Å²) in [6, 6.07) is 19.0. The van der Waals surface area contributed by atoms with Crippen molar-refractivity contribution in [3.63, 3.8) is 0 Å². The van der Waals surface area contributed by atoms with Gasteiger partial charge in [-0.3, -0.25) is 14.5 Å². The summed E-state index contributed by atoms with van der Waals surface area (Å²) in [6.45, 7) is 0.795. The van der Waals surface area contributed by atoms with Crippen LogP contribution in [0.15, 0.2) is 76.6 Å². The SMILES string of the molecule is CN(C)c1ccc(C2/C(=C(\O)c3ccc4c(c3)OCCO4)C(=O)C(=O)N2c2nnc(SCc3ccc(Cl)cc3)s2)cc1. The van der Waals surface area contributed by atoms with Gasteiger partial charge in [0.1, 0.15) is 19.0 Å². The van der Waals surface area contributed by atoms with Crippen LogP contribution in [-0.4, -0.2) is 54.3 Å². The van der Waals surface area contributed by atoms with Crippen molar-refractivity contribution in [2.75, 3.05) is 37.1 Å². The molecule has 2 aliphatic rings. The summed E-state index contributed by atoms with van der Waals surface area (Å²) in [5.41, 5.74) is 2.94. The van der Waals surface area contributed by atoms with Crippen LogP contribution in [0.1, 0.15) is 22.7 Å². The summed E-state index contributed by atoms with van der Waals surface area (Å²) in [4.78, 5) is 30.4. The monoisotopic (exact) mass is 620 g/mol. The second-order valence-corrected chi connectivity index (χ2v) is 12.4. The van der Waals surface area contributed by atoms with Crippen LogP contribution >= 0.6 is 34.7 Å². The molecule has 1 amide bonds. The number of hydrogen-bond donors (Lipinski definition) is 1. The Labute approximate surface area is 255 Å². The van der Waals surface area contributed by atoms with Crippen LogP contribution in [0, 0.1) is 0 Å². The maximum Gasteiger partial charge on any atom is 0.301 e. The summed E-state index contributed by atoms with van der Waals surface area (Å²) in [5.74, 6) is -0.277. The summed E-state index contributed by atoms with van der Waals surface area (Å²) in [5, 5.41) is 21.0. The predicted molar refractivity (Wildman–Crippen MR) is 164 cm³/mol. The van der Waals surface area contributed by atoms with Gasteiger partial charge in [-0.1, -0.05) is 59.0 Å². The Balaban J connectivity index is 1.39. The molecule has 9 nitrogen and oxygen atoms in total. The number of carbonyl (C=O) groups excluding carboxylic acids is 2. The van der Waals surface area contributed by atoms with Gasteiger partial charge in [-0.05, 0) is 53.6 Å². The number of ether oxygens (including phenoxy) is 2. The third-order valence-corrected chi connectivity index (χ3v) is 9.24. The van der Waals surface area contributed by atoms with E-state index in [1.807, 2.05) is 67.5 Å². The number of halogens is 1. The van der Waals surface area contributed by atoms with Gasteiger partial charge in [-0.15, -0.1) is 10.2 Å². The number of anilines is 2. The Morgan fingerprint density at radius 3 is 2.45 bits per heavy atom. The lowest BCUT2D eigenvalue weighted by Crippen LogP contribution is -2.29. The number of ketones is 1. The van der Waals surface area contributed by atoms with Gasteiger partial charge >= 0.3 is 5.91 Å². The molecule has 12 heteroatoms. The summed E-state index contributed by atoms with van der Waals surface area (Å²) >= 11 is 8.67. The second kappa shape index (κ2) is 11.7. The molecule has 1 fully saturated rings. The summed E-state index contributed by atoms with van der Waals surface area (Å²) in [6.07, 6.45) is 0. The van der Waals surface area contributed by atoms with Crippen LogP contribution < -0.4 is 19.3 Å². The van der Waals surface area contributed by atoms with E-state index >= 15 is 0 Å². The molecule has 214 valence electrons. The standard InChI is InChI=1S/C30H25ClN4O5S2/c1-34(2)21-10-5-18(6-11-21)25-24(26(36)19-7-12-22-23(15-19)40-14-13-39-22)27(37)28(38)35(25)29-32-33-30(42-29)41-16-17-3-8-20(31)9-4-17/h3-12,15,25,36H,13-14,16H2,1-2H3/b26-24+. The number of carbonyl (C=O) groups is 2. The molecule has 1 unspecified atom stereocenters. The van der Waals surface area contributed by atoms with Gasteiger partial charge in [0, 0.05) is 36.1 Å². The highest BCUT2D eigenvalue weighted by atomic mass is 35.5. The minimum atomic E-state index is -0.920. The minimum absolute atomic E-state index is 0.0418. The molecule has 3 heterocycles. The number of benzene rings is 3. The fraction of sp³-hybridized carbons (Fsp3) is 0.200. The highest BCUT2D eigenvalue weighted by Gasteiger charge is 2.48. The lowest BCUT2D eigenvalue weighted by atomic mass is 9.95. The number of aromatic nitrogens is 2. The maximum atomic E-state index is 13.6. The molecule has 1 aromatic heterocycles. The van der Waals surface area contributed by atoms with E-state index in [0.717, 1.165) is 11.3 Å². The second-order valence-electron chi connectivity index (χ2n) is 9.78. The molecule has 0 bridgehead atoms. The molecular weight excluding hydrogens is 596 g/mol. The molecule has 6 rings (SSSR count). The summed E-state index contributed by atoms with van der Waals surface area (Å²) in [7, 11) is 3.85.